The first-order valence-electron chi connectivity index (χ1n) is 6.45. The molecule has 2 nitrogen and oxygen atoms in total. The Balaban J connectivity index is 1.82. The fraction of sp³-hybridized carbons (Fsp3) is 0.118. The highest BCUT2D eigenvalue weighted by Crippen LogP contribution is 2.24. The summed E-state index contributed by atoms with van der Waals surface area (Å²) in [6.45, 7) is 0. The van der Waals surface area contributed by atoms with Crippen molar-refractivity contribution < 1.29 is 4.42 Å². The minimum atomic E-state index is 0.927. The molecule has 3 aromatic rings. The largest absolute Gasteiger partial charge is 0.464 e. The predicted octanol–water partition coefficient (Wildman–Crippen LogP) is 4.13. The Morgan fingerprint density at radius 1 is 0.842 bits per heavy atom. The first kappa shape index (κ1) is 11.7. The predicted molar refractivity (Wildman–Crippen MR) is 75.8 cm³/mol. The average molecular weight is 249 g/mol. The van der Waals surface area contributed by atoms with E-state index in [1.54, 1.807) is 6.26 Å². The molecule has 0 radical (unpaired) electrons. The highest BCUT2D eigenvalue weighted by Gasteiger charge is 2.07. The zero-order valence-electron chi connectivity index (χ0n) is 10.6. The van der Waals surface area contributed by atoms with Crippen LogP contribution in [0.15, 0.2) is 71.5 Å². The Hall–Kier alpha value is -2.35. The normalized spacial score (nSPS) is 10.5. The number of rotatable bonds is 4. The maximum atomic E-state index is 5.50. The van der Waals surface area contributed by atoms with Crippen LogP contribution in [-0.2, 0) is 12.8 Å². The van der Waals surface area contributed by atoms with Crippen LogP contribution in [0.3, 0.4) is 0 Å². The van der Waals surface area contributed by atoms with Crippen molar-refractivity contribution in [1.29, 1.82) is 0 Å². The molecular weight excluding hydrogens is 234 g/mol. The van der Waals surface area contributed by atoms with Crippen molar-refractivity contribution >= 4 is 0 Å². The Morgan fingerprint density at radius 2 is 1.74 bits per heavy atom. The number of aromatic nitrogens is 1. The van der Waals surface area contributed by atoms with Gasteiger partial charge in [0.2, 0.25) is 0 Å². The standard InChI is InChI=1S/C17H15NO/c1-2-8-16(17-9-5-13-19-17)14(6-1)10-11-15-7-3-4-12-18-15/h1-9,12-13H,10-11H2. The maximum Gasteiger partial charge on any atom is 0.134 e. The lowest BCUT2D eigenvalue weighted by Gasteiger charge is -2.07. The van der Waals surface area contributed by atoms with Gasteiger partial charge >= 0.3 is 0 Å². The van der Waals surface area contributed by atoms with Gasteiger partial charge in [-0.3, -0.25) is 4.98 Å². The van der Waals surface area contributed by atoms with Crippen LogP contribution in [0.5, 0.6) is 0 Å². The quantitative estimate of drug-likeness (QED) is 0.695. The Bertz CT molecular complexity index is 629. The second-order valence-electron chi connectivity index (χ2n) is 4.46. The molecule has 3 rings (SSSR count). The van der Waals surface area contributed by atoms with Crippen molar-refractivity contribution in [2.45, 2.75) is 12.8 Å². The van der Waals surface area contributed by atoms with Crippen molar-refractivity contribution in [2.24, 2.45) is 0 Å². The van der Waals surface area contributed by atoms with Gasteiger partial charge in [-0.2, -0.15) is 0 Å². The first-order valence-corrected chi connectivity index (χ1v) is 6.45. The van der Waals surface area contributed by atoms with Crippen LogP contribution < -0.4 is 0 Å². The zero-order valence-corrected chi connectivity index (χ0v) is 10.6. The van der Waals surface area contributed by atoms with Gasteiger partial charge in [0.1, 0.15) is 5.76 Å². The Kier molecular flexibility index (Phi) is 3.41. The topological polar surface area (TPSA) is 26.0 Å². The lowest BCUT2D eigenvalue weighted by molar-refractivity contribution is 0.581. The van der Waals surface area contributed by atoms with E-state index >= 15 is 0 Å². The van der Waals surface area contributed by atoms with Crippen LogP contribution >= 0.6 is 0 Å². The summed E-state index contributed by atoms with van der Waals surface area (Å²) < 4.78 is 5.50. The summed E-state index contributed by atoms with van der Waals surface area (Å²) in [5.41, 5.74) is 3.59. The lowest BCUT2D eigenvalue weighted by Crippen LogP contribution is -1.95. The van der Waals surface area contributed by atoms with Gasteiger partial charge in [-0.15, -0.1) is 0 Å². The number of hydrogen-bond acceptors (Lipinski definition) is 2. The molecule has 0 saturated carbocycles. The fourth-order valence-electron chi connectivity index (χ4n) is 2.22. The molecule has 0 aliphatic rings. The van der Waals surface area contributed by atoms with E-state index in [1.807, 2.05) is 36.5 Å². The minimum Gasteiger partial charge on any atom is -0.464 e. The molecule has 0 aliphatic heterocycles. The molecule has 0 N–H and O–H groups in total. The van der Waals surface area contributed by atoms with Gasteiger partial charge in [-0.05, 0) is 42.7 Å². The van der Waals surface area contributed by atoms with E-state index in [1.165, 1.54) is 11.1 Å². The molecule has 2 aromatic heterocycles. The maximum absolute atomic E-state index is 5.50. The molecule has 0 fully saturated rings. The summed E-state index contributed by atoms with van der Waals surface area (Å²) in [5, 5.41) is 0. The number of benzene rings is 1. The number of hydrogen-bond donors (Lipinski definition) is 0. The van der Waals surface area contributed by atoms with E-state index in [0.717, 1.165) is 24.3 Å². The van der Waals surface area contributed by atoms with E-state index in [9.17, 15) is 0 Å². The zero-order chi connectivity index (χ0) is 12.9. The SMILES string of the molecule is c1ccc(CCc2ccccc2-c2ccco2)nc1. The first-order chi connectivity index (χ1) is 9.43. The van der Waals surface area contributed by atoms with E-state index < -0.39 is 0 Å². The van der Waals surface area contributed by atoms with Crippen molar-refractivity contribution in [3.63, 3.8) is 0 Å². The summed E-state index contributed by atoms with van der Waals surface area (Å²) in [5.74, 6) is 0.927. The van der Waals surface area contributed by atoms with E-state index in [0.29, 0.717) is 0 Å². The van der Waals surface area contributed by atoms with E-state index in [2.05, 4.69) is 29.2 Å². The average Bonchev–Trinajstić information content (AvgIpc) is 3.01. The van der Waals surface area contributed by atoms with Gasteiger partial charge < -0.3 is 4.42 Å². The second-order valence-corrected chi connectivity index (χ2v) is 4.46. The van der Waals surface area contributed by atoms with Crippen molar-refractivity contribution in [1.82, 2.24) is 4.98 Å². The molecule has 1 aromatic carbocycles. The summed E-state index contributed by atoms with van der Waals surface area (Å²) >= 11 is 0. The van der Waals surface area contributed by atoms with Crippen LogP contribution in [0, 0.1) is 0 Å². The molecule has 0 aliphatic carbocycles. The van der Waals surface area contributed by atoms with Gasteiger partial charge in [0, 0.05) is 17.5 Å². The fourth-order valence-corrected chi connectivity index (χ4v) is 2.22. The summed E-state index contributed by atoms with van der Waals surface area (Å²) in [7, 11) is 0. The molecule has 0 atom stereocenters. The molecule has 2 heteroatoms. The third-order valence-electron chi connectivity index (χ3n) is 3.18. The summed E-state index contributed by atoms with van der Waals surface area (Å²) in [6, 6.07) is 18.3. The lowest BCUT2D eigenvalue weighted by atomic mass is 10.00. The second kappa shape index (κ2) is 5.53. The van der Waals surface area contributed by atoms with Gasteiger partial charge in [0.15, 0.2) is 0 Å². The van der Waals surface area contributed by atoms with E-state index in [4.69, 9.17) is 4.42 Å². The monoisotopic (exact) mass is 249 g/mol. The highest BCUT2D eigenvalue weighted by atomic mass is 16.3. The Labute approximate surface area is 112 Å². The molecule has 0 bridgehead atoms. The number of furan rings is 1. The van der Waals surface area contributed by atoms with Gasteiger partial charge in [0.25, 0.3) is 0 Å². The number of nitrogens with zero attached hydrogens (tertiary/aromatic N) is 1. The molecule has 0 unspecified atom stereocenters. The Morgan fingerprint density at radius 3 is 2.53 bits per heavy atom. The van der Waals surface area contributed by atoms with Crippen LogP contribution in [0.25, 0.3) is 11.3 Å². The smallest absolute Gasteiger partial charge is 0.134 e. The van der Waals surface area contributed by atoms with Crippen LogP contribution in [0.4, 0.5) is 0 Å². The van der Waals surface area contributed by atoms with Crippen LogP contribution in [0.2, 0.25) is 0 Å². The van der Waals surface area contributed by atoms with Gasteiger partial charge in [-0.25, -0.2) is 0 Å². The third kappa shape index (κ3) is 2.74. The van der Waals surface area contributed by atoms with Crippen LogP contribution in [0.1, 0.15) is 11.3 Å². The van der Waals surface area contributed by atoms with Crippen molar-refractivity contribution in [3.05, 3.63) is 78.3 Å². The number of pyridine rings is 1. The molecule has 19 heavy (non-hydrogen) atoms. The molecule has 0 amide bonds. The molecule has 0 spiro atoms. The summed E-state index contributed by atoms with van der Waals surface area (Å²) in [4.78, 5) is 4.36. The van der Waals surface area contributed by atoms with Gasteiger partial charge in [0.05, 0.1) is 6.26 Å². The summed E-state index contributed by atoms with van der Waals surface area (Å²) in [6.07, 6.45) is 5.46. The highest BCUT2D eigenvalue weighted by molar-refractivity contribution is 5.62. The van der Waals surface area contributed by atoms with Crippen LogP contribution in [-0.4, -0.2) is 4.98 Å². The molecule has 0 saturated heterocycles. The molecule has 94 valence electrons. The van der Waals surface area contributed by atoms with Gasteiger partial charge in [-0.1, -0.05) is 30.3 Å². The number of aryl methyl sites for hydroxylation is 2. The van der Waals surface area contributed by atoms with E-state index in [-0.39, 0.29) is 0 Å². The molecule has 2 heterocycles. The third-order valence-corrected chi connectivity index (χ3v) is 3.18. The van der Waals surface area contributed by atoms with Crippen molar-refractivity contribution in [2.75, 3.05) is 0 Å². The molecular formula is C17H15NO. The van der Waals surface area contributed by atoms with Crippen molar-refractivity contribution in [3.8, 4) is 11.3 Å². The minimum absolute atomic E-state index is 0.927.